The summed E-state index contributed by atoms with van der Waals surface area (Å²) in [7, 11) is 0. The number of tetrazole rings is 1. The second-order valence-corrected chi connectivity index (χ2v) is 5.46. The Hall–Kier alpha value is -3.09. The van der Waals surface area contributed by atoms with Gasteiger partial charge < -0.3 is 5.32 Å². The number of aryl methyl sites for hydroxylation is 1. The van der Waals surface area contributed by atoms with Crippen molar-refractivity contribution in [3.05, 3.63) is 71.3 Å². The fraction of sp³-hybridized carbons (Fsp3) is 0.176. The van der Waals surface area contributed by atoms with Gasteiger partial charge in [0.25, 0.3) is 0 Å². The normalized spacial score (nSPS) is 11.9. The van der Waals surface area contributed by atoms with E-state index in [4.69, 9.17) is 0 Å². The monoisotopic (exact) mass is 325 g/mol. The predicted molar refractivity (Wildman–Crippen MR) is 86.8 cm³/mol. The zero-order valence-corrected chi connectivity index (χ0v) is 13.0. The first kappa shape index (κ1) is 15.8. The van der Waals surface area contributed by atoms with Gasteiger partial charge in [-0.15, -0.1) is 10.2 Å². The number of hydrogen-bond donors (Lipinski definition) is 2. The van der Waals surface area contributed by atoms with Gasteiger partial charge in [0.15, 0.2) is 5.82 Å². The summed E-state index contributed by atoms with van der Waals surface area (Å²) >= 11 is 0. The van der Waals surface area contributed by atoms with Gasteiger partial charge in [0.05, 0.1) is 0 Å². The lowest BCUT2D eigenvalue weighted by atomic mass is 9.97. The lowest BCUT2D eigenvalue weighted by Gasteiger charge is -2.15. The highest BCUT2D eigenvalue weighted by molar-refractivity contribution is 5.96. The molecule has 3 rings (SSSR count). The van der Waals surface area contributed by atoms with E-state index in [2.05, 4.69) is 25.9 Å². The highest BCUT2D eigenvalue weighted by Crippen LogP contribution is 2.21. The Morgan fingerprint density at radius 1 is 1.21 bits per heavy atom. The van der Waals surface area contributed by atoms with Crippen LogP contribution in [0, 0.1) is 12.7 Å². The van der Waals surface area contributed by atoms with Gasteiger partial charge in [-0.1, -0.05) is 35.5 Å². The molecule has 0 saturated carbocycles. The Bertz CT molecular complexity index is 817. The van der Waals surface area contributed by atoms with Crippen molar-refractivity contribution in [2.75, 3.05) is 5.32 Å². The summed E-state index contributed by atoms with van der Waals surface area (Å²) in [6.07, 6.45) is 0.345. The minimum atomic E-state index is -0.631. The molecule has 1 heterocycles. The Kier molecular flexibility index (Phi) is 4.60. The van der Waals surface area contributed by atoms with Crippen molar-refractivity contribution in [3.63, 3.8) is 0 Å². The lowest BCUT2D eigenvalue weighted by molar-refractivity contribution is -0.117. The van der Waals surface area contributed by atoms with Crippen LogP contribution in [0.4, 0.5) is 10.1 Å². The van der Waals surface area contributed by atoms with Gasteiger partial charge in [0.2, 0.25) is 5.91 Å². The summed E-state index contributed by atoms with van der Waals surface area (Å²) in [5.74, 6) is -0.895. The van der Waals surface area contributed by atoms with Crippen molar-refractivity contribution >= 4 is 11.6 Å². The van der Waals surface area contributed by atoms with E-state index in [-0.39, 0.29) is 11.7 Å². The highest BCUT2D eigenvalue weighted by Gasteiger charge is 2.25. The third-order valence-corrected chi connectivity index (χ3v) is 3.75. The Labute approximate surface area is 138 Å². The van der Waals surface area contributed by atoms with Gasteiger partial charge in [-0.05, 0) is 42.7 Å². The number of amides is 1. The largest absolute Gasteiger partial charge is 0.325 e. The van der Waals surface area contributed by atoms with E-state index in [1.54, 1.807) is 12.1 Å². The summed E-state index contributed by atoms with van der Waals surface area (Å²) in [4.78, 5) is 12.7. The van der Waals surface area contributed by atoms with Crippen LogP contribution >= 0.6 is 0 Å². The van der Waals surface area contributed by atoms with Gasteiger partial charge in [0.1, 0.15) is 11.7 Å². The average molecular weight is 325 g/mol. The molecule has 0 aliphatic rings. The molecule has 1 unspecified atom stereocenters. The zero-order chi connectivity index (χ0) is 16.9. The molecular formula is C17H16FN5O. The molecule has 7 heteroatoms. The van der Waals surface area contributed by atoms with Gasteiger partial charge >= 0.3 is 0 Å². The predicted octanol–water partition coefficient (Wildman–Crippen LogP) is 2.61. The number of aromatic nitrogens is 4. The smallest absolute Gasteiger partial charge is 0.235 e. The van der Waals surface area contributed by atoms with Gasteiger partial charge in [-0.25, -0.2) is 4.39 Å². The van der Waals surface area contributed by atoms with E-state index < -0.39 is 5.92 Å². The van der Waals surface area contributed by atoms with E-state index in [1.807, 2.05) is 31.2 Å². The number of nitrogens with zero attached hydrogens (tertiary/aromatic N) is 3. The fourth-order valence-corrected chi connectivity index (χ4v) is 2.41. The topological polar surface area (TPSA) is 83.6 Å². The number of nitrogens with one attached hydrogen (secondary N) is 2. The van der Waals surface area contributed by atoms with Crippen molar-refractivity contribution < 1.29 is 9.18 Å². The minimum Gasteiger partial charge on any atom is -0.325 e. The molecule has 1 aromatic heterocycles. The summed E-state index contributed by atoms with van der Waals surface area (Å²) in [6, 6.07) is 13.5. The van der Waals surface area contributed by atoms with Gasteiger partial charge in [-0.2, -0.15) is 5.21 Å². The first-order valence-electron chi connectivity index (χ1n) is 7.48. The minimum absolute atomic E-state index is 0.241. The number of rotatable bonds is 5. The third kappa shape index (κ3) is 3.62. The molecule has 24 heavy (non-hydrogen) atoms. The molecule has 6 nitrogen and oxygen atoms in total. The second kappa shape index (κ2) is 6.99. The maximum atomic E-state index is 13.1. The zero-order valence-electron chi connectivity index (χ0n) is 13.0. The molecule has 0 saturated heterocycles. The first-order chi connectivity index (χ1) is 11.6. The average Bonchev–Trinajstić information content (AvgIpc) is 3.10. The summed E-state index contributed by atoms with van der Waals surface area (Å²) in [5.41, 5.74) is 2.50. The van der Waals surface area contributed by atoms with Crippen molar-refractivity contribution in [3.8, 4) is 0 Å². The standard InChI is InChI=1S/C17H16FN5O/c1-11-4-2-3-5-15(11)19-17(24)14(16-20-22-23-21-16)10-12-6-8-13(18)9-7-12/h2-9,14H,10H2,1H3,(H,19,24)(H,20,21,22,23). The van der Waals surface area contributed by atoms with Crippen LogP contribution in [0.15, 0.2) is 48.5 Å². The van der Waals surface area contributed by atoms with E-state index in [9.17, 15) is 9.18 Å². The molecule has 0 aliphatic heterocycles. The molecular weight excluding hydrogens is 309 g/mol. The SMILES string of the molecule is Cc1ccccc1NC(=O)C(Cc1ccc(F)cc1)c1nn[nH]n1. The van der Waals surface area contributed by atoms with Gasteiger partial charge in [0, 0.05) is 5.69 Å². The number of benzene rings is 2. The Morgan fingerprint density at radius 3 is 2.62 bits per heavy atom. The van der Waals surface area contributed by atoms with E-state index in [0.29, 0.717) is 12.2 Å². The second-order valence-electron chi connectivity index (χ2n) is 5.46. The number of carbonyl (C=O) groups is 1. The number of H-pyrrole nitrogens is 1. The number of carbonyl (C=O) groups excluding carboxylic acids is 1. The van der Waals surface area contributed by atoms with Crippen LogP contribution in [-0.4, -0.2) is 26.5 Å². The molecule has 2 N–H and O–H groups in total. The molecule has 2 aromatic carbocycles. The summed E-state index contributed by atoms with van der Waals surface area (Å²) in [6.45, 7) is 1.92. The Morgan fingerprint density at radius 2 is 1.96 bits per heavy atom. The van der Waals surface area contributed by atoms with E-state index >= 15 is 0 Å². The summed E-state index contributed by atoms with van der Waals surface area (Å²) in [5, 5.41) is 16.7. The number of para-hydroxylation sites is 1. The van der Waals surface area contributed by atoms with Crippen LogP contribution in [0.5, 0.6) is 0 Å². The first-order valence-corrected chi connectivity index (χ1v) is 7.48. The van der Waals surface area contributed by atoms with Crippen molar-refractivity contribution in [1.82, 2.24) is 20.6 Å². The van der Waals surface area contributed by atoms with Crippen LogP contribution < -0.4 is 5.32 Å². The molecule has 3 aromatic rings. The molecule has 1 amide bonds. The lowest BCUT2D eigenvalue weighted by Crippen LogP contribution is -2.24. The Balaban J connectivity index is 1.83. The molecule has 0 spiro atoms. The van der Waals surface area contributed by atoms with Crippen molar-refractivity contribution in [1.29, 1.82) is 0 Å². The van der Waals surface area contributed by atoms with Crippen LogP contribution in [0.2, 0.25) is 0 Å². The molecule has 122 valence electrons. The van der Waals surface area contributed by atoms with Crippen LogP contribution in [0.3, 0.4) is 0 Å². The molecule has 0 bridgehead atoms. The van der Waals surface area contributed by atoms with Crippen molar-refractivity contribution in [2.45, 2.75) is 19.3 Å². The third-order valence-electron chi connectivity index (χ3n) is 3.75. The molecule has 0 fully saturated rings. The van der Waals surface area contributed by atoms with Crippen molar-refractivity contribution in [2.24, 2.45) is 0 Å². The number of halogens is 1. The molecule has 1 atom stereocenters. The fourth-order valence-electron chi connectivity index (χ4n) is 2.41. The number of hydrogen-bond acceptors (Lipinski definition) is 4. The van der Waals surface area contributed by atoms with Crippen LogP contribution in [0.1, 0.15) is 22.9 Å². The quantitative estimate of drug-likeness (QED) is 0.755. The van der Waals surface area contributed by atoms with E-state index in [1.165, 1.54) is 12.1 Å². The number of aromatic amines is 1. The maximum Gasteiger partial charge on any atom is 0.235 e. The van der Waals surface area contributed by atoms with E-state index in [0.717, 1.165) is 16.8 Å². The highest BCUT2D eigenvalue weighted by atomic mass is 19.1. The van der Waals surface area contributed by atoms with Crippen LogP contribution in [0.25, 0.3) is 0 Å². The van der Waals surface area contributed by atoms with Gasteiger partial charge in [-0.3, -0.25) is 4.79 Å². The van der Waals surface area contributed by atoms with Crippen LogP contribution in [-0.2, 0) is 11.2 Å². The number of anilines is 1. The molecule has 0 radical (unpaired) electrons. The maximum absolute atomic E-state index is 13.1. The molecule has 0 aliphatic carbocycles. The summed E-state index contributed by atoms with van der Waals surface area (Å²) < 4.78 is 13.1.